The van der Waals surface area contributed by atoms with Gasteiger partial charge in [-0.1, -0.05) is 30.7 Å². The third-order valence-corrected chi connectivity index (χ3v) is 3.76. The number of rotatable bonds is 1. The van der Waals surface area contributed by atoms with Gasteiger partial charge in [0.25, 0.3) is 0 Å². The number of allylic oxidation sites excluding steroid dienone is 4. The number of carbonyl (C=O) groups is 1. The molecular weight excluding hydrogens is 172 g/mol. The third-order valence-electron chi connectivity index (χ3n) is 3.76. The summed E-state index contributed by atoms with van der Waals surface area (Å²) in [5.41, 5.74) is 1.45. The van der Waals surface area contributed by atoms with E-state index in [1.807, 2.05) is 0 Å². The molecule has 1 heteroatoms. The van der Waals surface area contributed by atoms with Crippen LogP contribution >= 0.6 is 0 Å². The summed E-state index contributed by atoms with van der Waals surface area (Å²) in [6.07, 6.45) is 7.88. The van der Waals surface area contributed by atoms with Gasteiger partial charge >= 0.3 is 0 Å². The Bertz CT molecular complexity index is 311. The molecule has 14 heavy (non-hydrogen) atoms. The van der Waals surface area contributed by atoms with Gasteiger partial charge in [-0.05, 0) is 32.1 Å². The molecule has 4 unspecified atom stereocenters. The van der Waals surface area contributed by atoms with Gasteiger partial charge in [-0.3, -0.25) is 4.79 Å². The van der Waals surface area contributed by atoms with Crippen molar-refractivity contribution in [3.63, 3.8) is 0 Å². The van der Waals surface area contributed by atoms with Crippen molar-refractivity contribution in [1.82, 2.24) is 0 Å². The van der Waals surface area contributed by atoms with Crippen LogP contribution in [0, 0.1) is 23.7 Å². The molecule has 0 aliphatic heterocycles. The van der Waals surface area contributed by atoms with Crippen molar-refractivity contribution >= 4 is 5.78 Å². The van der Waals surface area contributed by atoms with Crippen molar-refractivity contribution in [1.29, 1.82) is 0 Å². The highest BCUT2D eigenvalue weighted by Crippen LogP contribution is 2.44. The van der Waals surface area contributed by atoms with Crippen LogP contribution < -0.4 is 0 Å². The van der Waals surface area contributed by atoms with Gasteiger partial charge in [0.15, 0.2) is 0 Å². The van der Waals surface area contributed by atoms with Gasteiger partial charge in [-0.15, -0.1) is 0 Å². The largest absolute Gasteiger partial charge is 0.300 e. The highest BCUT2D eigenvalue weighted by molar-refractivity contribution is 5.79. The molecule has 4 atom stereocenters. The molecule has 0 heterocycles. The molecular formula is C13H18O. The van der Waals surface area contributed by atoms with E-state index in [4.69, 9.17) is 0 Å². The van der Waals surface area contributed by atoms with Gasteiger partial charge < -0.3 is 0 Å². The number of hydrogen-bond donors (Lipinski definition) is 0. The highest BCUT2D eigenvalue weighted by atomic mass is 16.1. The number of Topliss-reactive ketones (excluding diaryl/α,β-unsaturated/α-hetero) is 1. The van der Waals surface area contributed by atoms with Gasteiger partial charge in [-0.2, -0.15) is 0 Å². The molecule has 1 nitrogen and oxygen atoms in total. The maximum absolute atomic E-state index is 11.6. The Morgan fingerprint density at radius 3 is 2.86 bits per heavy atom. The first-order valence-corrected chi connectivity index (χ1v) is 5.46. The second-order valence-corrected chi connectivity index (χ2v) is 4.76. The van der Waals surface area contributed by atoms with Crippen LogP contribution in [0.25, 0.3) is 0 Å². The standard InChI is InChI=1S/C13H18O/c1-8-7-9(2)13(10(3)14)12-6-4-5-11(8)12/h4-5,7,9,11-13H,6H2,1-3H3. The SMILES string of the molecule is CC(=O)C1C(C)C=C(C)C2C=CCC21. The lowest BCUT2D eigenvalue weighted by Gasteiger charge is -2.35. The molecule has 0 radical (unpaired) electrons. The Morgan fingerprint density at radius 1 is 1.50 bits per heavy atom. The first-order chi connectivity index (χ1) is 6.61. The molecule has 0 saturated heterocycles. The minimum Gasteiger partial charge on any atom is -0.300 e. The monoisotopic (exact) mass is 190 g/mol. The molecule has 2 rings (SSSR count). The number of ketones is 1. The predicted octanol–water partition coefficient (Wildman–Crippen LogP) is 2.98. The second-order valence-electron chi connectivity index (χ2n) is 4.76. The quantitative estimate of drug-likeness (QED) is 0.581. The van der Waals surface area contributed by atoms with Crippen LogP contribution in [0.4, 0.5) is 0 Å². The van der Waals surface area contributed by atoms with E-state index in [1.165, 1.54) is 5.57 Å². The van der Waals surface area contributed by atoms with Crippen molar-refractivity contribution in [3.8, 4) is 0 Å². The summed E-state index contributed by atoms with van der Waals surface area (Å²) >= 11 is 0. The molecule has 0 spiro atoms. The maximum atomic E-state index is 11.6. The molecule has 0 aromatic heterocycles. The Hall–Kier alpha value is -0.850. The highest BCUT2D eigenvalue weighted by Gasteiger charge is 2.39. The lowest BCUT2D eigenvalue weighted by Crippen LogP contribution is -2.34. The zero-order valence-electron chi connectivity index (χ0n) is 9.16. The first kappa shape index (κ1) is 9.70. The molecule has 76 valence electrons. The van der Waals surface area contributed by atoms with Crippen LogP contribution in [0.1, 0.15) is 27.2 Å². The van der Waals surface area contributed by atoms with Crippen LogP contribution in [0.5, 0.6) is 0 Å². The summed E-state index contributed by atoms with van der Waals surface area (Å²) < 4.78 is 0. The van der Waals surface area contributed by atoms with Crippen LogP contribution in [-0.2, 0) is 4.79 Å². The van der Waals surface area contributed by atoms with E-state index in [2.05, 4.69) is 32.1 Å². The Kier molecular flexibility index (Phi) is 2.34. The van der Waals surface area contributed by atoms with Crippen molar-refractivity contribution < 1.29 is 4.79 Å². The fourth-order valence-electron chi connectivity index (χ4n) is 3.22. The molecule has 0 aromatic rings. The smallest absolute Gasteiger partial charge is 0.133 e. The molecule has 0 amide bonds. The van der Waals surface area contributed by atoms with Crippen molar-refractivity contribution in [3.05, 3.63) is 23.8 Å². The Labute approximate surface area is 85.9 Å². The predicted molar refractivity (Wildman–Crippen MR) is 57.8 cm³/mol. The van der Waals surface area contributed by atoms with Gasteiger partial charge in [0.2, 0.25) is 0 Å². The molecule has 0 bridgehead atoms. The molecule has 2 aliphatic rings. The Balaban J connectivity index is 2.33. The molecule has 0 saturated carbocycles. The van der Waals surface area contributed by atoms with Crippen LogP contribution in [0.3, 0.4) is 0 Å². The minimum atomic E-state index is 0.249. The summed E-state index contributed by atoms with van der Waals surface area (Å²) in [6, 6.07) is 0. The Morgan fingerprint density at radius 2 is 2.21 bits per heavy atom. The fraction of sp³-hybridized carbons (Fsp3) is 0.615. The topological polar surface area (TPSA) is 17.1 Å². The molecule has 0 aromatic carbocycles. The normalized spacial score (nSPS) is 40.6. The van der Waals surface area contributed by atoms with E-state index < -0.39 is 0 Å². The molecule has 0 N–H and O–H groups in total. The van der Waals surface area contributed by atoms with Crippen molar-refractivity contribution in [2.45, 2.75) is 27.2 Å². The summed E-state index contributed by atoms with van der Waals surface area (Å²) in [6.45, 7) is 6.11. The van der Waals surface area contributed by atoms with Crippen molar-refractivity contribution in [2.75, 3.05) is 0 Å². The summed E-state index contributed by atoms with van der Waals surface area (Å²) in [7, 11) is 0. The van der Waals surface area contributed by atoms with E-state index in [0.29, 0.717) is 23.5 Å². The lowest BCUT2D eigenvalue weighted by atomic mass is 9.68. The lowest BCUT2D eigenvalue weighted by molar-refractivity contribution is -0.124. The minimum absolute atomic E-state index is 0.249. The number of hydrogen-bond acceptors (Lipinski definition) is 1. The van der Waals surface area contributed by atoms with Crippen LogP contribution in [-0.4, -0.2) is 5.78 Å². The number of fused-ring (bicyclic) bond motifs is 1. The fourth-order valence-corrected chi connectivity index (χ4v) is 3.22. The van der Waals surface area contributed by atoms with Crippen LogP contribution in [0.2, 0.25) is 0 Å². The van der Waals surface area contributed by atoms with E-state index in [-0.39, 0.29) is 5.92 Å². The van der Waals surface area contributed by atoms with Gasteiger partial charge in [-0.25, -0.2) is 0 Å². The maximum Gasteiger partial charge on any atom is 0.133 e. The van der Waals surface area contributed by atoms with E-state index in [9.17, 15) is 4.79 Å². The average Bonchev–Trinajstić information content (AvgIpc) is 2.51. The molecule has 2 aliphatic carbocycles. The summed E-state index contributed by atoms with van der Waals surface area (Å²) in [5.74, 6) is 2.12. The third kappa shape index (κ3) is 1.35. The van der Waals surface area contributed by atoms with E-state index >= 15 is 0 Å². The summed E-state index contributed by atoms with van der Waals surface area (Å²) in [5, 5.41) is 0. The summed E-state index contributed by atoms with van der Waals surface area (Å²) in [4.78, 5) is 11.6. The first-order valence-electron chi connectivity index (χ1n) is 5.46. The van der Waals surface area contributed by atoms with Gasteiger partial charge in [0.1, 0.15) is 5.78 Å². The zero-order chi connectivity index (χ0) is 10.3. The molecule has 0 fully saturated rings. The van der Waals surface area contributed by atoms with Gasteiger partial charge in [0.05, 0.1) is 0 Å². The van der Waals surface area contributed by atoms with E-state index in [0.717, 1.165) is 6.42 Å². The zero-order valence-corrected chi connectivity index (χ0v) is 9.16. The van der Waals surface area contributed by atoms with Gasteiger partial charge in [0, 0.05) is 11.8 Å². The second kappa shape index (κ2) is 3.38. The van der Waals surface area contributed by atoms with Crippen LogP contribution in [0.15, 0.2) is 23.8 Å². The number of carbonyl (C=O) groups excluding carboxylic acids is 1. The average molecular weight is 190 g/mol. The van der Waals surface area contributed by atoms with E-state index in [1.54, 1.807) is 6.92 Å². The van der Waals surface area contributed by atoms with Crippen molar-refractivity contribution in [2.24, 2.45) is 23.7 Å².